The number of aromatic nitrogens is 1. The summed E-state index contributed by atoms with van der Waals surface area (Å²) in [6.07, 6.45) is 1.03. The second-order valence-corrected chi connectivity index (χ2v) is 5.86. The normalized spacial score (nSPS) is 15.1. The van der Waals surface area contributed by atoms with Crippen LogP contribution in [0.4, 0.5) is 0 Å². The number of ether oxygens (including phenoxy) is 1. The minimum absolute atomic E-state index is 0.295. The van der Waals surface area contributed by atoms with Gasteiger partial charge in [-0.05, 0) is 31.0 Å². The first-order chi connectivity index (χ1) is 9.22. The fraction of sp³-hybridized carbons (Fsp3) is 0.400. The summed E-state index contributed by atoms with van der Waals surface area (Å²) in [6.45, 7) is 5.88. The molecular formula is C15H18N2OS. The minimum atomic E-state index is 0.295. The Morgan fingerprint density at radius 2 is 2.37 bits per heavy atom. The Morgan fingerprint density at radius 1 is 1.47 bits per heavy atom. The molecule has 1 aromatic carbocycles. The average molecular weight is 274 g/mol. The predicted octanol–water partition coefficient (Wildman–Crippen LogP) is 3.24. The van der Waals surface area contributed by atoms with Crippen molar-refractivity contribution in [2.75, 3.05) is 6.61 Å². The first-order valence-electron chi connectivity index (χ1n) is 6.62. The van der Waals surface area contributed by atoms with Crippen molar-refractivity contribution in [2.24, 2.45) is 0 Å². The Labute approximate surface area is 117 Å². The van der Waals surface area contributed by atoms with Crippen LogP contribution in [0.3, 0.4) is 0 Å². The summed E-state index contributed by atoms with van der Waals surface area (Å²) in [5.41, 5.74) is 3.74. The summed E-state index contributed by atoms with van der Waals surface area (Å²) in [5, 5.41) is 6.78. The van der Waals surface area contributed by atoms with Crippen LogP contribution >= 0.6 is 11.3 Å². The first-order valence-corrected chi connectivity index (χ1v) is 7.50. The molecule has 0 amide bonds. The fourth-order valence-electron chi connectivity index (χ4n) is 2.28. The molecule has 100 valence electrons. The second kappa shape index (κ2) is 5.31. The second-order valence-electron chi connectivity index (χ2n) is 4.97. The first kappa shape index (κ1) is 12.6. The lowest BCUT2D eigenvalue weighted by Gasteiger charge is -2.11. The minimum Gasteiger partial charge on any atom is -0.493 e. The fourth-order valence-corrected chi connectivity index (χ4v) is 3.11. The van der Waals surface area contributed by atoms with E-state index in [1.54, 1.807) is 11.3 Å². The highest BCUT2D eigenvalue weighted by atomic mass is 32.1. The Hall–Kier alpha value is -1.39. The van der Waals surface area contributed by atoms with Crippen molar-refractivity contribution in [1.29, 1.82) is 0 Å². The third kappa shape index (κ3) is 2.80. The van der Waals surface area contributed by atoms with Crippen molar-refractivity contribution in [1.82, 2.24) is 10.3 Å². The van der Waals surface area contributed by atoms with Crippen LogP contribution in [0.5, 0.6) is 5.75 Å². The van der Waals surface area contributed by atoms with E-state index in [0.29, 0.717) is 6.04 Å². The summed E-state index contributed by atoms with van der Waals surface area (Å²) in [4.78, 5) is 4.52. The van der Waals surface area contributed by atoms with Gasteiger partial charge >= 0.3 is 0 Å². The average Bonchev–Trinajstić information content (AvgIpc) is 3.03. The third-order valence-electron chi connectivity index (χ3n) is 3.37. The summed E-state index contributed by atoms with van der Waals surface area (Å²) in [6, 6.07) is 6.76. The Morgan fingerprint density at radius 3 is 3.16 bits per heavy atom. The van der Waals surface area contributed by atoms with Gasteiger partial charge in [0.2, 0.25) is 0 Å². The highest BCUT2D eigenvalue weighted by Crippen LogP contribution is 2.26. The molecule has 1 aliphatic rings. The maximum absolute atomic E-state index is 5.52. The molecule has 0 aliphatic carbocycles. The van der Waals surface area contributed by atoms with E-state index < -0.39 is 0 Å². The van der Waals surface area contributed by atoms with E-state index in [2.05, 4.69) is 40.8 Å². The maximum atomic E-state index is 5.52. The molecular weight excluding hydrogens is 256 g/mol. The van der Waals surface area contributed by atoms with Crippen molar-refractivity contribution in [2.45, 2.75) is 32.9 Å². The number of hydrogen-bond donors (Lipinski definition) is 1. The molecule has 1 unspecified atom stereocenters. The van der Waals surface area contributed by atoms with Gasteiger partial charge in [0.1, 0.15) is 10.8 Å². The summed E-state index contributed by atoms with van der Waals surface area (Å²) in [5.74, 6) is 1.05. The topological polar surface area (TPSA) is 34.1 Å². The van der Waals surface area contributed by atoms with Crippen molar-refractivity contribution >= 4 is 11.3 Å². The van der Waals surface area contributed by atoms with Gasteiger partial charge in [-0.25, -0.2) is 4.98 Å². The van der Waals surface area contributed by atoms with Crippen LogP contribution < -0.4 is 10.1 Å². The molecule has 0 saturated carbocycles. The molecule has 0 spiro atoms. The van der Waals surface area contributed by atoms with E-state index >= 15 is 0 Å². The summed E-state index contributed by atoms with van der Waals surface area (Å²) < 4.78 is 5.52. The molecule has 0 radical (unpaired) electrons. The Kier molecular flexibility index (Phi) is 3.53. The highest BCUT2D eigenvalue weighted by molar-refractivity contribution is 7.09. The van der Waals surface area contributed by atoms with Crippen LogP contribution in [0.2, 0.25) is 0 Å². The largest absolute Gasteiger partial charge is 0.493 e. The zero-order valence-corrected chi connectivity index (χ0v) is 12.1. The molecule has 2 aromatic rings. The lowest BCUT2D eigenvalue weighted by atomic mass is 10.1. The van der Waals surface area contributed by atoms with Gasteiger partial charge in [-0.15, -0.1) is 11.3 Å². The van der Waals surface area contributed by atoms with E-state index in [4.69, 9.17) is 4.74 Å². The number of hydrogen-bond acceptors (Lipinski definition) is 4. The van der Waals surface area contributed by atoms with Crippen molar-refractivity contribution < 1.29 is 4.74 Å². The van der Waals surface area contributed by atoms with Gasteiger partial charge in [0, 0.05) is 24.0 Å². The van der Waals surface area contributed by atoms with Crippen molar-refractivity contribution in [3.8, 4) is 5.75 Å². The lowest BCUT2D eigenvalue weighted by molar-refractivity contribution is 0.357. The van der Waals surface area contributed by atoms with E-state index in [1.807, 2.05) is 6.92 Å². The molecule has 1 N–H and O–H groups in total. The van der Waals surface area contributed by atoms with E-state index in [0.717, 1.165) is 36.0 Å². The summed E-state index contributed by atoms with van der Waals surface area (Å²) in [7, 11) is 0. The number of benzene rings is 1. The predicted molar refractivity (Wildman–Crippen MR) is 77.7 cm³/mol. The molecule has 3 rings (SSSR count). The van der Waals surface area contributed by atoms with Gasteiger partial charge in [-0.3, -0.25) is 0 Å². The molecule has 2 heterocycles. The monoisotopic (exact) mass is 274 g/mol. The van der Waals surface area contributed by atoms with Gasteiger partial charge < -0.3 is 10.1 Å². The van der Waals surface area contributed by atoms with Crippen LogP contribution in [0, 0.1) is 6.92 Å². The van der Waals surface area contributed by atoms with E-state index in [-0.39, 0.29) is 0 Å². The molecule has 19 heavy (non-hydrogen) atoms. The number of aryl methyl sites for hydroxylation is 1. The van der Waals surface area contributed by atoms with Gasteiger partial charge in [0.05, 0.1) is 12.6 Å². The number of rotatable bonds is 4. The Bertz CT molecular complexity index is 579. The standard InChI is InChI=1S/C15H18N2OS/c1-10-9-19-15(17-10)11(2)16-8-12-3-4-14-13(7-12)5-6-18-14/h3-4,7,9,11,16H,5-6,8H2,1-2H3. The van der Waals surface area contributed by atoms with Crippen LogP contribution in [0.15, 0.2) is 23.6 Å². The van der Waals surface area contributed by atoms with E-state index in [9.17, 15) is 0 Å². The molecule has 0 fully saturated rings. The molecule has 3 nitrogen and oxygen atoms in total. The number of fused-ring (bicyclic) bond motifs is 1. The van der Waals surface area contributed by atoms with Crippen molar-refractivity contribution in [3.63, 3.8) is 0 Å². The molecule has 0 bridgehead atoms. The molecule has 0 saturated heterocycles. The van der Waals surface area contributed by atoms with Crippen LogP contribution in [-0.2, 0) is 13.0 Å². The molecule has 1 atom stereocenters. The zero-order chi connectivity index (χ0) is 13.2. The lowest BCUT2D eigenvalue weighted by Crippen LogP contribution is -2.18. The van der Waals surface area contributed by atoms with Gasteiger partial charge in [0.25, 0.3) is 0 Å². The highest BCUT2D eigenvalue weighted by Gasteiger charge is 2.13. The van der Waals surface area contributed by atoms with Crippen LogP contribution in [0.25, 0.3) is 0 Å². The van der Waals surface area contributed by atoms with Crippen LogP contribution in [0.1, 0.15) is 34.8 Å². The smallest absolute Gasteiger partial charge is 0.122 e. The molecule has 1 aliphatic heterocycles. The number of thiazole rings is 1. The third-order valence-corrected chi connectivity index (χ3v) is 4.52. The molecule has 1 aromatic heterocycles. The number of nitrogens with one attached hydrogen (secondary N) is 1. The quantitative estimate of drug-likeness (QED) is 0.929. The van der Waals surface area contributed by atoms with Gasteiger partial charge in [-0.1, -0.05) is 12.1 Å². The maximum Gasteiger partial charge on any atom is 0.122 e. The zero-order valence-electron chi connectivity index (χ0n) is 11.3. The van der Waals surface area contributed by atoms with E-state index in [1.165, 1.54) is 11.1 Å². The Balaban J connectivity index is 1.63. The van der Waals surface area contributed by atoms with Crippen LogP contribution in [-0.4, -0.2) is 11.6 Å². The molecule has 4 heteroatoms. The van der Waals surface area contributed by atoms with Crippen molar-refractivity contribution in [3.05, 3.63) is 45.4 Å². The van der Waals surface area contributed by atoms with Gasteiger partial charge in [0.15, 0.2) is 0 Å². The number of nitrogens with zero attached hydrogens (tertiary/aromatic N) is 1. The SMILES string of the molecule is Cc1csc(C(C)NCc2ccc3c(c2)CCO3)n1. The summed E-state index contributed by atoms with van der Waals surface area (Å²) >= 11 is 1.72. The van der Waals surface area contributed by atoms with Gasteiger partial charge in [-0.2, -0.15) is 0 Å².